The highest BCUT2D eigenvalue weighted by molar-refractivity contribution is 7.07. The van der Waals surface area contributed by atoms with Crippen molar-refractivity contribution in [3.8, 4) is 0 Å². The van der Waals surface area contributed by atoms with E-state index in [4.69, 9.17) is 5.11 Å². The molecule has 1 rings (SSSR count). The van der Waals surface area contributed by atoms with E-state index in [1.54, 1.807) is 0 Å². The first-order valence-electron chi connectivity index (χ1n) is 3.29. The van der Waals surface area contributed by atoms with Gasteiger partial charge in [0.05, 0.1) is 0 Å². The second kappa shape index (κ2) is 3.45. The topological polar surface area (TPSA) is 59.3 Å². The molecule has 1 aromatic heterocycles. The van der Waals surface area contributed by atoms with Gasteiger partial charge >= 0.3 is 17.0 Å². The first-order valence-corrected chi connectivity index (χ1v) is 4.17. The molecular formula is C6H4F3NO3S. The first-order chi connectivity index (χ1) is 6.32. The lowest BCUT2D eigenvalue weighted by Crippen LogP contribution is -2.25. The lowest BCUT2D eigenvalue weighted by atomic mass is 10.4. The Labute approximate surface area is 79.2 Å². The van der Waals surface area contributed by atoms with E-state index < -0.39 is 29.3 Å². The molecule has 0 bridgehead atoms. The second-order valence-electron chi connectivity index (χ2n) is 2.36. The van der Waals surface area contributed by atoms with Gasteiger partial charge in [-0.1, -0.05) is 11.3 Å². The number of carboxylic acid groups (broad SMARTS) is 1. The Bertz CT molecular complexity index is 405. The van der Waals surface area contributed by atoms with E-state index in [0.717, 1.165) is 0 Å². The van der Waals surface area contributed by atoms with E-state index in [2.05, 4.69) is 0 Å². The Morgan fingerprint density at radius 1 is 1.57 bits per heavy atom. The van der Waals surface area contributed by atoms with E-state index in [9.17, 15) is 22.8 Å². The molecule has 0 amide bonds. The quantitative estimate of drug-likeness (QED) is 0.820. The predicted molar refractivity (Wildman–Crippen MR) is 41.2 cm³/mol. The number of alkyl halides is 3. The standard InChI is InChI=1S/C6H4F3NO3S/c7-6(8,9)3-2-14-5(13)10(3)1-4(11)12/h2H,1H2,(H,11,12). The van der Waals surface area contributed by atoms with E-state index in [1.807, 2.05) is 0 Å². The van der Waals surface area contributed by atoms with Crippen LogP contribution in [0.2, 0.25) is 0 Å². The molecule has 0 unspecified atom stereocenters. The number of thiazole rings is 1. The summed E-state index contributed by atoms with van der Waals surface area (Å²) < 4.78 is 36.7. The van der Waals surface area contributed by atoms with Crippen molar-refractivity contribution in [2.75, 3.05) is 0 Å². The number of aromatic nitrogens is 1. The third kappa shape index (κ3) is 2.13. The highest BCUT2D eigenvalue weighted by atomic mass is 32.1. The monoisotopic (exact) mass is 227 g/mol. The van der Waals surface area contributed by atoms with Crippen LogP contribution in [-0.4, -0.2) is 15.6 Å². The van der Waals surface area contributed by atoms with Crippen molar-refractivity contribution in [3.63, 3.8) is 0 Å². The number of hydrogen-bond acceptors (Lipinski definition) is 3. The van der Waals surface area contributed by atoms with Gasteiger partial charge in [-0.3, -0.25) is 14.2 Å². The van der Waals surface area contributed by atoms with Crippen LogP contribution < -0.4 is 4.87 Å². The minimum atomic E-state index is -4.70. The van der Waals surface area contributed by atoms with Gasteiger partial charge in [-0.2, -0.15) is 13.2 Å². The molecule has 1 aromatic rings. The van der Waals surface area contributed by atoms with Gasteiger partial charge in [-0.25, -0.2) is 0 Å². The summed E-state index contributed by atoms with van der Waals surface area (Å²) >= 11 is 0.324. The van der Waals surface area contributed by atoms with Gasteiger partial charge in [0.1, 0.15) is 12.2 Å². The van der Waals surface area contributed by atoms with Crippen LogP contribution in [0.5, 0.6) is 0 Å². The number of rotatable bonds is 2. The summed E-state index contributed by atoms with van der Waals surface area (Å²) in [7, 11) is 0. The molecule has 0 saturated heterocycles. The zero-order chi connectivity index (χ0) is 10.9. The molecule has 0 saturated carbocycles. The van der Waals surface area contributed by atoms with E-state index in [-0.39, 0.29) is 4.57 Å². The van der Waals surface area contributed by atoms with E-state index in [0.29, 0.717) is 16.7 Å². The Morgan fingerprint density at radius 3 is 2.57 bits per heavy atom. The maximum Gasteiger partial charge on any atom is 0.432 e. The molecule has 0 fully saturated rings. The molecule has 1 N–H and O–H groups in total. The van der Waals surface area contributed by atoms with Crippen molar-refractivity contribution >= 4 is 17.3 Å². The smallest absolute Gasteiger partial charge is 0.432 e. The van der Waals surface area contributed by atoms with Gasteiger partial charge in [0.25, 0.3) is 0 Å². The average molecular weight is 227 g/mol. The SMILES string of the molecule is O=C(O)Cn1c(C(F)(F)F)csc1=O. The number of carbonyl (C=O) groups is 1. The van der Waals surface area contributed by atoms with Crippen molar-refractivity contribution in [2.24, 2.45) is 0 Å². The van der Waals surface area contributed by atoms with Crippen LogP contribution in [0.3, 0.4) is 0 Å². The third-order valence-corrected chi connectivity index (χ3v) is 2.13. The molecule has 0 aromatic carbocycles. The van der Waals surface area contributed by atoms with Crippen LogP contribution in [0.25, 0.3) is 0 Å². The van der Waals surface area contributed by atoms with Gasteiger partial charge in [0.15, 0.2) is 0 Å². The summed E-state index contributed by atoms with van der Waals surface area (Å²) in [4.78, 5) is 20.1. The molecule has 78 valence electrons. The Hall–Kier alpha value is -1.31. The lowest BCUT2D eigenvalue weighted by Gasteiger charge is -2.07. The largest absolute Gasteiger partial charge is 0.480 e. The highest BCUT2D eigenvalue weighted by Crippen LogP contribution is 2.29. The van der Waals surface area contributed by atoms with Gasteiger partial charge in [0.2, 0.25) is 0 Å². The maximum absolute atomic E-state index is 12.2. The minimum absolute atomic E-state index is 0.188. The predicted octanol–water partition coefficient (Wildman–Crippen LogP) is 1.01. The fourth-order valence-electron chi connectivity index (χ4n) is 0.837. The molecule has 8 heteroatoms. The van der Waals surface area contributed by atoms with Crippen LogP contribution in [0.15, 0.2) is 10.2 Å². The summed E-state index contributed by atoms with van der Waals surface area (Å²) in [6.45, 7) is -0.975. The van der Waals surface area contributed by atoms with Crippen LogP contribution in [0.4, 0.5) is 13.2 Å². The third-order valence-electron chi connectivity index (χ3n) is 1.37. The molecule has 1 heterocycles. The van der Waals surface area contributed by atoms with Crippen LogP contribution in [0, 0.1) is 0 Å². The number of aliphatic carboxylic acids is 1. The fraction of sp³-hybridized carbons (Fsp3) is 0.333. The number of nitrogens with zero attached hydrogens (tertiary/aromatic N) is 1. The molecule has 0 radical (unpaired) electrons. The van der Waals surface area contributed by atoms with Crippen molar-refractivity contribution in [2.45, 2.75) is 12.7 Å². The molecular weight excluding hydrogens is 223 g/mol. The van der Waals surface area contributed by atoms with Crippen LogP contribution in [-0.2, 0) is 17.5 Å². The molecule has 0 atom stereocenters. The molecule has 4 nitrogen and oxygen atoms in total. The van der Waals surface area contributed by atoms with Crippen molar-refractivity contribution in [1.29, 1.82) is 0 Å². The lowest BCUT2D eigenvalue weighted by molar-refractivity contribution is -0.146. The number of carboxylic acids is 1. The van der Waals surface area contributed by atoms with Gasteiger partial charge < -0.3 is 5.11 Å². The minimum Gasteiger partial charge on any atom is -0.480 e. The highest BCUT2D eigenvalue weighted by Gasteiger charge is 2.35. The number of hydrogen-bond donors (Lipinski definition) is 1. The first kappa shape index (κ1) is 10.8. The van der Waals surface area contributed by atoms with Crippen LogP contribution >= 0.6 is 11.3 Å². The number of halogens is 3. The molecule has 0 spiro atoms. The molecule has 14 heavy (non-hydrogen) atoms. The van der Waals surface area contributed by atoms with Gasteiger partial charge in [-0.15, -0.1) is 0 Å². The Balaban J connectivity index is 3.20. The summed E-state index contributed by atoms with van der Waals surface area (Å²) in [6, 6.07) is 0. The molecule has 0 aliphatic heterocycles. The maximum atomic E-state index is 12.2. The summed E-state index contributed by atoms with van der Waals surface area (Å²) in [5.74, 6) is -1.49. The van der Waals surface area contributed by atoms with Crippen molar-refractivity contribution < 1.29 is 23.1 Å². The normalized spacial score (nSPS) is 11.6. The fourth-order valence-corrected chi connectivity index (χ4v) is 1.60. The van der Waals surface area contributed by atoms with Gasteiger partial charge in [0, 0.05) is 5.38 Å². The van der Waals surface area contributed by atoms with Crippen molar-refractivity contribution in [1.82, 2.24) is 4.57 Å². The zero-order valence-electron chi connectivity index (χ0n) is 6.54. The summed E-state index contributed by atoms with van der Waals surface area (Å²) in [5, 5.41) is 8.88. The van der Waals surface area contributed by atoms with E-state index >= 15 is 0 Å². The second-order valence-corrected chi connectivity index (χ2v) is 3.19. The van der Waals surface area contributed by atoms with E-state index in [1.165, 1.54) is 0 Å². The Kier molecular flexibility index (Phi) is 2.65. The summed E-state index contributed by atoms with van der Waals surface area (Å²) in [6.07, 6.45) is -4.70. The zero-order valence-corrected chi connectivity index (χ0v) is 7.35. The molecule has 0 aliphatic carbocycles. The molecule has 0 aliphatic rings. The van der Waals surface area contributed by atoms with Gasteiger partial charge in [-0.05, 0) is 0 Å². The van der Waals surface area contributed by atoms with Crippen LogP contribution in [0.1, 0.15) is 5.69 Å². The average Bonchev–Trinajstić information content (AvgIpc) is 2.30. The van der Waals surface area contributed by atoms with Crippen molar-refractivity contribution in [3.05, 3.63) is 20.7 Å². The summed E-state index contributed by atoms with van der Waals surface area (Å²) in [5.41, 5.74) is -1.23. The Morgan fingerprint density at radius 2 is 2.14 bits per heavy atom.